The Morgan fingerprint density at radius 2 is 1.65 bits per heavy atom. The van der Waals surface area contributed by atoms with E-state index in [0.29, 0.717) is 0 Å². The molecule has 0 unspecified atom stereocenters. The van der Waals surface area contributed by atoms with Crippen molar-refractivity contribution in [2.24, 2.45) is 0 Å². The normalized spacial score (nSPS) is 12.6. The number of anilines is 1. The van der Waals surface area contributed by atoms with Crippen molar-refractivity contribution in [2.75, 3.05) is 5.32 Å². The Kier molecular flexibility index (Phi) is 4.18. The van der Waals surface area contributed by atoms with Gasteiger partial charge in [0, 0.05) is 11.7 Å². The van der Waals surface area contributed by atoms with Gasteiger partial charge in [-0.15, -0.1) is 0 Å². The highest BCUT2D eigenvalue weighted by Crippen LogP contribution is 2.24. The molecule has 0 aromatic carbocycles. The molecule has 1 aromatic heterocycles. The first kappa shape index (κ1) is 14.0. The van der Waals surface area contributed by atoms with Crippen LogP contribution in [0.15, 0.2) is 18.3 Å². The molecule has 0 saturated heterocycles. The third-order valence-corrected chi connectivity index (χ3v) is 3.62. The Hall–Kier alpha value is -1.05. The fourth-order valence-corrected chi connectivity index (χ4v) is 1.65. The average molecular weight is 234 g/mol. The molecule has 0 atom stereocenters. The monoisotopic (exact) mass is 234 g/mol. The van der Waals surface area contributed by atoms with Crippen LogP contribution in [-0.2, 0) is 5.41 Å². The second-order valence-corrected chi connectivity index (χ2v) is 6.07. The van der Waals surface area contributed by atoms with Crippen LogP contribution >= 0.6 is 0 Å². The van der Waals surface area contributed by atoms with Crippen molar-refractivity contribution < 1.29 is 0 Å². The van der Waals surface area contributed by atoms with Crippen LogP contribution < -0.4 is 5.32 Å². The lowest BCUT2D eigenvalue weighted by atomic mass is 9.88. The predicted molar refractivity (Wildman–Crippen MR) is 75.5 cm³/mol. The summed E-state index contributed by atoms with van der Waals surface area (Å²) in [6, 6.07) is 4.26. The van der Waals surface area contributed by atoms with Crippen LogP contribution in [0, 0.1) is 0 Å². The molecule has 0 aliphatic heterocycles. The smallest absolute Gasteiger partial charge is 0.126 e. The van der Waals surface area contributed by atoms with Crippen LogP contribution in [0.1, 0.15) is 59.9 Å². The summed E-state index contributed by atoms with van der Waals surface area (Å²) >= 11 is 0. The Morgan fingerprint density at radius 1 is 1.06 bits per heavy atom. The van der Waals surface area contributed by atoms with Crippen molar-refractivity contribution in [3.05, 3.63) is 23.9 Å². The van der Waals surface area contributed by atoms with E-state index in [0.717, 1.165) is 18.7 Å². The molecule has 0 amide bonds. The van der Waals surface area contributed by atoms with Gasteiger partial charge in [-0.25, -0.2) is 4.98 Å². The molecule has 1 rings (SSSR count). The summed E-state index contributed by atoms with van der Waals surface area (Å²) in [6.07, 6.45) is 4.19. The van der Waals surface area contributed by atoms with E-state index in [-0.39, 0.29) is 11.0 Å². The standard InChI is InChI=1S/C15H26N2/c1-7-15(6,8-2)17-13-10-9-12(11-16-13)14(3,4)5/h9-11H,7-8H2,1-6H3,(H,16,17). The van der Waals surface area contributed by atoms with E-state index in [1.165, 1.54) is 5.56 Å². The number of nitrogens with zero attached hydrogens (tertiary/aromatic N) is 1. The summed E-state index contributed by atoms with van der Waals surface area (Å²) in [7, 11) is 0. The molecule has 17 heavy (non-hydrogen) atoms. The molecule has 2 nitrogen and oxygen atoms in total. The quantitative estimate of drug-likeness (QED) is 0.836. The van der Waals surface area contributed by atoms with E-state index in [4.69, 9.17) is 0 Å². The van der Waals surface area contributed by atoms with E-state index in [1.54, 1.807) is 0 Å². The predicted octanol–water partition coefficient (Wildman–Crippen LogP) is 4.37. The molecule has 96 valence electrons. The molecule has 0 saturated carbocycles. The van der Waals surface area contributed by atoms with Gasteiger partial charge in [-0.1, -0.05) is 40.7 Å². The number of hydrogen-bond acceptors (Lipinski definition) is 2. The molecule has 0 fully saturated rings. The van der Waals surface area contributed by atoms with E-state index in [9.17, 15) is 0 Å². The van der Waals surface area contributed by atoms with Gasteiger partial charge in [0.25, 0.3) is 0 Å². The van der Waals surface area contributed by atoms with Gasteiger partial charge < -0.3 is 5.32 Å². The SMILES string of the molecule is CCC(C)(CC)Nc1ccc(C(C)(C)C)cn1. The zero-order chi connectivity index (χ0) is 13.1. The Bertz CT molecular complexity index is 342. The maximum atomic E-state index is 4.51. The average Bonchev–Trinajstić information content (AvgIpc) is 2.28. The zero-order valence-corrected chi connectivity index (χ0v) is 12.1. The summed E-state index contributed by atoms with van der Waals surface area (Å²) in [4.78, 5) is 4.51. The van der Waals surface area contributed by atoms with Crippen molar-refractivity contribution >= 4 is 5.82 Å². The summed E-state index contributed by atoms with van der Waals surface area (Å²) in [5, 5.41) is 3.52. The first-order valence-electron chi connectivity index (χ1n) is 6.55. The first-order valence-corrected chi connectivity index (χ1v) is 6.55. The molecule has 0 bridgehead atoms. The zero-order valence-electron chi connectivity index (χ0n) is 12.1. The second-order valence-electron chi connectivity index (χ2n) is 6.07. The van der Waals surface area contributed by atoms with E-state index in [2.05, 4.69) is 64.0 Å². The molecule has 1 N–H and O–H groups in total. The summed E-state index contributed by atoms with van der Waals surface area (Å²) in [5.74, 6) is 0.976. The fraction of sp³-hybridized carbons (Fsp3) is 0.667. The van der Waals surface area contributed by atoms with Crippen LogP contribution in [0.25, 0.3) is 0 Å². The van der Waals surface area contributed by atoms with Crippen molar-refractivity contribution in [1.82, 2.24) is 4.98 Å². The van der Waals surface area contributed by atoms with Crippen molar-refractivity contribution in [3.8, 4) is 0 Å². The van der Waals surface area contributed by atoms with Gasteiger partial charge in [-0.05, 0) is 36.8 Å². The molecule has 0 radical (unpaired) electrons. The highest BCUT2D eigenvalue weighted by molar-refractivity contribution is 5.39. The number of pyridine rings is 1. The molecule has 0 aliphatic rings. The topological polar surface area (TPSA) is 24.9 Å². The highest BCUT2D eigenvalue weighted by Gasteiger charge is 2.20. The van der Waals surface area contributed by atoms with Crippen LogP contribution in [0.3, 0.4) is 0 Å². The minimum atomic E-state index is 0.149. The van der Waals surface area contributed by atoms with Crippen molar-refractivity contribution in [1.29, 1.82) is 0 Å². The van der Waals surface area contributed by atoms with Gasteiger partial charge in [0.15, 0.2) is 0 Å². The Labute approximate surface area is 106 Å². The number of aromatic nitrogens is 1. The van der Waals surface area contributed by atoms with Gasteiger partial charge in [0.2, 0.25) is 0 Å². The summed E-state index contributed by atoms with van der Waals surface area (Å²) in [5.41, 5.74) is 1.60. The maximum Gasteiger partial charge on any atom is 0.126 e. The Morgan fingerprint density at radius 3 is 2.00 bits per heavy atom. The molecule has 1 aromatic rings. The molecule has 0 spiro atoms. The molecule has 0 aliphatic carbocycles. The van der Waals surface area contributed by atoms with Gasteiger partial charge in [0.05, 0.1) is 0 Å². The van der Waals surface area contributed by atoms with Crippen LogP contribution in [0.4, 0.5) is 5.82 Å². The van der Waals surface area contributed by atoms with Crippen LogP contribution in [0.5, 0.6) is 0 Å². The largest absolute Gasteiger partial charge is 0.365 e. The van der Waals surface area contributed by atoms with Gasteiger partial charge in [-0.2, -0.15) is 0 Å². The van der Waals surface area contributed by atoms with Crippen LogP contribution in [-0.4, -0.2) is 10.5 Å². The van der Waals surface area contributed by atoms with Crippen molar-refractivity contribution in [3.63, 3.8) is 0 Å². The lowest BCUT2D eigenvalue weighted by Crippen LogP contribution is -2.33. The van der Waals surface area contributed by atoms with Crippen molar-refractivity contribution in [2.45, 2.75) is 65.3 Å². The first-order chi connectivity index (χ1) is 7.80. The van der Waals surface area contributed by atoms with E-state index >= 15 is 0 Å². The minimum absolute atomic E-state index is 0.149. The third kappa shape index (κ3) is 3.72. The maximum absolute atomic E-state index is 4.51. The number of hydrogen-bond donors (Lipinski definition) is 1. The summed E-state index contributed by atoms with van der Waals surface area (Å²) in [6.45, 7) is 13.3. The van der Waals surface area contributed by atoms with E-state index < -0.39 is 0 Å². The third-order valence-electron chi connectivity index (χ3n) is 3.62. The molecule has 2 heteroatoms. The lowest BCUT2D eigenvalue weighted by molar-refractivity contribution is 0.476. The summed E-state index contributed by atoms with van der Waals surface area (Å²) < 4.78 is 0. The molecular weight excluding hydrogens is 208 g/mol. The number of rotatable bonds is 4. The van der Waals surface area contributed by atoms with Gasteiger partial charge >= 0.3 is 0 Å². The number of nitrogens with one attached hydrogen (secondary N) is 1. The fourth-order valence-electron chi connectivity index (χ4n) is 1.65. The Balaban J connectivity index is 2.82. The minimum Gasteiger partial charge on any atom is -0.365 e. The van der Waals surface area contributed by atoms with E-state index in [1.807, 2.05) is 6.20 Å². The molecular formula is C15H26N2. The van der Waals surface area contributed by atoms with Gasteiger partial charge in [0.1, 0.15) is 5.82 Å². The van der Waals surface area contributed by atoms with Crippen LogP contribution in [0.2, 0.25) is 0 Å². The highest BCUT2D eigenvalue weighted by atomic mass is 15.0. The van der Waals surface area contributed by atoms with Gasteiger partial charge in [-0.3, -0.25) is 0 Å². The molecule has 1 heterocycles. The lowest BCUT2D eigenvalue weighted by Gasteiger charge is -2.29. The second kappa shape index (κ2) is 5.07.